The Morgan fingerprint density at radius 3 is 2.46 bits per heavy atom. The van der Waals surface area contributed by atoms with Crippen LogP contribution in [0.4, 0.5) is 5.69 Å². The van der Waals surface area contributed by atoms with Crippen molar-refractivity contribution in [2.24, 2.45) is 11.8 Å². The molecule has 28 heavy (non-hydrogen) atoms. The van der Waals surface area contributed by atoms with Crippen LogP contribution in [0.3, 0.4) is 0 Å². The first-order valence-electron chi connectivity index (χ1n) is 9.92. The van der Waals surface area contributed by atoms with Gasteiger partial charge in [0.2, 0.25) is 5.91 Å². The minimum absolute atomic E-state index is 0.0513. The van der Waals surface area contributed by atoms with Gasteiger partial charge in [0.1, 0.15) is 5.75 Å². The standard InChI is InChI=1S/C22H30ClN3O2/c1-5-15-8-20(21(28-4)9-19(15)23)24-10-18(6-2)25-11-16-13-26(22(27)7-3)14-17(16)12-25/h6-9,16-17,24H,3,5,10-14H2,1-2,4H3. The van der Waals surface area contributed by atoms with Gasteiger partial charge < -0.3 is 19.9 Å². The second kappa shape index (κ2) is 8.91. The highest BCUT2D eigenvalue weighted by Crippen LogP contribution is 2.34. The highest BCUT2D eigenvalue weighted by molar-refractivity contribution is 6.31. The molecular formula is C22H30ClN3O2. The van der Waals surface area contributed by atoms with Gasteiger partial charge in [0, 0.05) is 54.8 Å². The molecule has 2 unspecified atom stereocenters. The molecular weight excluding hydrogens is 374 g/mol. The molecule has 152 valence electrons. The highest BCUT2D eigenvalue weighted by Gasteiger charge is 2.41. The van der Waals surface area contributed by atoms with E-state index in [1.165, 1.54) is 11.8 Å². The van der Waals surface area contributed by atoms with Crippen molar-refractivity contribution < 1.29 is 9.53 Å². The van der Waals surface area contributed by atoms with Crippen molar-refractivity contribution in [1.29, 1.82) is 0 Å². The minimum atomic E-state index is 0.0513. The summed E-state index contributed by atoms with van der Waals surface area (Å²) in [6.45, 7) is 12.2. The van der Waals surface area contributed by atoms with E-state index in [4.69, 9.17) is 16.3 Å². The predicted octanol–water partition coefficient (Wildman–Crippen LogP) is 3.80. The first-order valence-corrected chi connectivity index (χ1v) is 10.3. The van der Waals surface area contributed by atoms with Crippen molar-refractivity contribution in [2.45, 2.75) is 20.3 Å². The number of aryl methyl sites for hydroxylation is 1. The molecule has 2 saturated heterocycles. The van der Waals surface area contributed by atoms with Crippen LogP contribution in [0.15, 0.2) is 36.6 Å². The molecule has 2 heterocycles. The van der Waals surface area contributed by atoms with Crippen LogP contribution in [0.25, 0.3) is 0 Å². The lowest BCUT2D eigenvalue weighted by molar-refractivity contribution is -0.125. The van der Waals surface area contributed by atoms with E-state index in [9.17, 15) is 4.79 Å². The number of halogens is 1. The average molecular weight is 404 g/mol. The number of methoxy groups -OCH3 is 1. The van der Waals surface area contributed by atoms with E-state index in [2.05, 4.69) is 42.8 Å². The summed E-state index contributed by atoms with van der Waals surface area (Å²) in [6, 6.07) is 3.95. The van der Waals surface area contributed by atoms with Gasteiger partial charge in [-0.2, -0.15) is 0 Å². The Labute approximate surface area is 173 Å². The summed E-state index contributed by atoms with van der Waals surface area (Å²) in [5, 5.41) is 4.26. The topological polar surface area (TPSA) is 44.8 Å². The summed E-state index contributed by atoms with van der Waals surface area (Å²) in [5.74, 6) is 1.89. The number of nitrogens with zero attached hydrogens (tertiary/aromatic N) is 2. The molecule has 0 bridgehead atoms. The quantitative estimate of drug-likeness (QED) is 0.703. The molecule has 5 nitrogen and oxygen atoms in total. The third-order valence-corrected chi connectivity index (χ3v) is 6.27. The molecule has 6 heteroatoms. The van der Waals surface area contributed by atoms with Gasteiger partial charge in [-0.1, -0.05) is 31.2 Å². The Kier molecular flexibility index (Phi) is 6.55. The minimum Gasteiger partial charge on any atom is -0.495 e. The molecule has 2 fully saturated rings. The van der Waals surface area contributed by atoms with Gasteiger partial charge in [-0.3, -0.25) is 4.79 Å². The lowest BCUT2D eigenvalue weighted by atomic mass is 10.0. The number of carbonyl (C=O) groups excluding carboxylic acids is 1. The zero-order valence-corrected chi connectivity index (χ0v) is 17.8. The number of benzene rings is 1. The zero-order valence-electron chi connectivity index (χ0n) is 17.0. The molecule has 2 aliphatic rings. The molecule has 1 amide bonds. The van der Waals surface area contributed by atoms with Crippen molar-refractivity contribution in [3.05, 3.63) is 47.1 Å². The summed E-state index contributed by atoms with van der Waals surface area (Å²) in [4.78, 5) is 16.2. The number of likely N-dealkylation sites (tertiary alicyclic amines) is 2. The summed E-state index contributed by atoms with van der Waals surface area (Å²) < 4.78 is 5.50. The third-order valence-electron chi connectivity index (χ3n) is 5.92. The highest BCUT2D eigenvalue weighted by atomic mass is 35.5. The van der Waals surface area contributed by atoms with Crippen molar-refractivity contribution in [3.8, 4) is 5.75 Å². The fourth-order valence-corrected chi connectivity index (χ4v) is 4.58. The van der Waals surface area contributed by atoms with E-state index >= 15 is 0 Å². The molecule has 0 spiro atoms. The number of allylic oxidation sites excluding steroid dienone is 1. The van der Waals surface area contributed by atoms with Crippen LogP contribution in [0.2, 0.25) is 5.02 Å². The fraction of sp³-hybridized carbons (Fsp3) is 0.500. The van der Waals surface area contributed by atoms with Gasteiger partial charge in [0.25, 0.3) is 0 Å². The normalized spacial score (nSPS) is 21.6. The number of hydrogen-bond acceptors (Lipinski definition) is 4. The second-order valence-electron chi connectivity index (χ2n) is 7.50. The Balaban J connectivity index is 1.63. The smallest absolute Gasteiger partial charge is 0.245 e. The van der Waals surface area contributed by atoms with Crippen LogP contribution in [0.5, 0.6) is 5.75 Å². The van der Waals surface area contributed by atoms with Crippen LogP contribution >= 0.6 is 11.6 Å². The van der Waals surface area contributed by atoms with Crippen molar-refractivity contribution in [3.63, 3.8) is 0 Å². The van der Waals surface area contributed by atoms with Crippen LogP contribution in [-0.2, 0) is 11.2 Å². The molecule has 0 aromatic heterocycles. The van der Waals surface area contributed by atoms with Crippen LogP contribution < -0.4 is 10.1 Å². The SMILES string of the molecule is C=CC(=O)N1CC2CN(C(=CC)CNc3cc(CC)c(Cl)cc3OC)CC2C1. The predicted molar refractivity (Wildman–Crippen MR) is 115 cm³/mol. The van der Waals surface area contributed by atoms with Gasteiger partial charge in [0.15, 0.2) is 0 Å². The first kappa shape index (κ1) is 20.6. The third kappa shape index (κ3) is 4.14. The lowest BCUT2D eigenvalue weighted by Crippen LogP contribution is -2.33. The number of fused-ring (bicyclic) bond motifs is 1. The van der Waals surface area contributed by atoms with E-state index in [0.29, 0.717) is 11.8 Å². The van der Waals surface area contributed by atoms with Gasteiger partial charge in [0.05, 0.1) is 19.3 Å². The monoisotopic (exact) mass is 403 g/mol. The van der Waals surface area contributed by atoms with Gasteiger partial charge in [-0.05, 0) is 31.1 Å². The summed E-state index contributed by atoms with van der Waals surface area (Å²) in [6.07, 6.45) is 4.47. The summed E-state index contributed by atoms with van der Waals surface area (Å²) in [7, 11) is 1.66. The number of ether oxygens (including phenoxy) is 1. The van der Waals surface area contributed by atoms with E-state index in [-0.39, 0.29) is 5.91 Å². The molecule has 3 rings (SSSR count). The molecule has 2 aliphatic heterocycles. The molecule has 1 N–H and O–H groups in total. The Bertz CT molecular complexity index is 763. The molecule has 2 atom stereocenters. The van der Waals surface area contributed by atoms with Crippen molar-refractivity contribution in [1.82, 2.24) is 9.80 Å². The molecule has 1 aromatic rings. The van der Waals surface area contributed by atoms with E-state index < -0.39 is 0 Å². The van der Waals surface area contributed by atoms with Gasteiger partial charge in [-0.25, -0.2) is 0 Å². The molecule has 0 aliphatic carbocycles. The van der Waals surface area contributed by atoms with E-state index in [1.54, 1.807) is 7.11 Å². The summed E-state index contributed by atoms with van der Waals surface area (Å²) in [5.41, 5.74) is 3.34. The fourth-order valence-electron chi connectivity index (χ4n) is 4.30. The maximum absolute atomic E-state index is 11.9. The Morgan fingerprint density at radius 2 is 1.93 bits per heavy atom. The largest absolute Gasteiger partial charge is 0.495 e. The number of amides is 1. The maximum Gasteiger partial charge on any atom is 0.245 e. The number of anilines is 1. The summed E-state index contributed by atoms with van der Waals surface area (Å²) >= 11 is 6.31. The first-order chi connectivity index (χ1) is 13.5. The average Bonchev–Trinajstić information content (AvgIpc) is 3.27. The molecule has 1 aromatic carbocycles. The van der Waals surface area contributed by atoms with Crippen molar-refractivity contribution in [2.75, 3.05) is 45.2 Å². The van der Waals surface area contributed by atoms with E-state index in [0.717, 1.165) is 61.2 Å². The molecule has 0 radical (unpaired) electrons. The van der Waals surface area contributed by atoms with Crippen LogP contribution in [-0.4, -0.2) is 55.5 Å². The lowest BCUT2D eigenvalue weighted by Gasteiger charge is -2.26. The van der Waals surface area contributed by atoms with Gasteiger partial charge in [-0.15, -0.1) is 0 Å². The number of nitrogens with one attached hydrogen (secondary N) is 1. The van der Waals surface area contributed by atoms with Crippen molar-refractivity contribution >= 4 is 23.2 Å². The van der Waals surface area contributed by atoms with E-state index in [1.807, 2.05) is 11.0 Å². The Morgan fingerprint density at radius 1 is 1.29 bits per heavy atom. The van der Waals surface area contributed by atoms with Gasteiger partial charge >= 0.3 is 0 Å². The maximum atomic E-state index is 11.9. The molecule has 0 saturated carbocycles. The zero-order chi connectivity index (χ0) is 20.3. The second-order valence-corrected chi connectivity index (χ2v) is 7.91. The number of rotatable bonds is 7. The van der Waals surface area contributed by atoms with Crippen LogP contribution in [0.1, 0.15) is 19.4 Å². The number of carbonyl (C=O) groups is 1. The number of hydrogen-bond donors (Lipinski definition) is 1. The Hall–Kier alpha value is -2.14. The van der Waals surface area contributed by atoms with Crippen LogP contribution in [0, 0.1) is 11.8 Å².